The third-order valence-electron chi connectivity index (χ3n) is 5.75. The molecule has 7 nitrogen and oxygen atoms in total. The number of urea groups is 1. The average molecular weight is 442 g/mol. The molecular weight excluding hydrogens is 418 g/mol. The van der Waals surface area contributed by atoms with E-state index < -0.39 is 0 Å². The van der Waals surface area contributed by atoms with Crippen LogP contribution in [0.15, 0.2) is 29.2 Å². The molecule has 30 heavy (non-hydrogen) atoms. The fourth-order valence-electron chi connectivity index (χ4n) is 4.06. The number of anilines is 1. The second-order valence-electron chi connectivity index (χ2n) is 7.93. The standard InChI is InChI=1S/C21H23N5O2S2/c27-20(25-16(12-4-1-2-5-12)15-6-3-9-29-15)14-10-30-18-17(14)22-11-23-19(18)26-21(28)24-13-7-8-13/h3,6,9-13,16H,1-2,4-5,7-8H2,(H,25,27)(H2,22,23,24,26,28)/t16-/m1/s1. The summed E-state index contributed by atoms with van der Waals surface area (Å²) < 4.78 is 0.710. The summed E-state index contributed by atoms with van der Waals surface area (Å²) in [4.78, 5) is 35.1. The molecule has 3 amide bonds. The van der Waals surface area contributed by atoms with Crippen LogP contribution in [-0.2, 0) is 0 Å². The summed E-state index contributed by atoms with van der Waals surface area (Å²) in [5.41, 5.74) is 1.10. The monoisotopic (exact) mass is 441 g/mol. The van der Waals surface area contributed by atoms with E-state index in [1.807, 2.05) is 6.07 Å². The van der Waals surface area contributed by atoms with Gasteiger partial charge in [-0.25, -0.2) is 14.8 Å². The summed E-state index contributed by atoms with van der Waals surface area (Å²) in [6.45, 7) is 0. The molecule has 2 aliphatic rings. The zero-order chi connectivity index (χ0) is 20.5. The number of hydrogen-bond acceptors (Lipinski definition) is 6. The van der Waals surface area contributed by atoms with E-state index >= 15 is 0 Å². The molecule has 9 heteroatoms. The molecule has 0 radical (unpaired) electrons. The topological polar surface area (TPSA) is 96.0 Å². The van der Waals surface area contributed by atoms with Gasteiger partial charge >= 0.3 is 6.03 Å². The molecule has 2 aliphatic carbocycles. The van der Waals surface area contributed by atoms with E-state index in [1.54, 1.807) is 16.7 Å². The number of nitrogens with one attached hydrogen (secondary N) is 3. The lowest BCUT2D eigenvalue weighted by molar-refractivity contribution is 0.0924. The fraction of sp³-hybridized carbons (Fsp3) is 0.429. The minimum absolute atomic E-state index is 0.0266. The third kappa shape index (κ3) is 4.04. The van der Waals surface area contributed by atoms with Crippen LogP contribution < -0.4 is 16.0 Å². The van der Waals surface area contributed by atoms with Gasteiger partial charge in [0.25, 0.3) is 5.91 Å². The molecule has 0 aliphatic heterocycles. The average Bonchev–Trinajstić information content (AvgIpc) is 3.19. The Morgan fingerprint density at radius 3 is 2.67 bits per heavy atom. The van der Waals surface area contributed by atoms with Crippen molar-refractivity contribution in [3.63, 3.8) is 0 Å². The molecule has 5 rings (SSSR count). The highest BCUT2D eigenvalue weighted by molar-refractivity contribution is 7.18. The van der Waals surface area contributed by atoms with Crippen LogP contribution in [0, 0.1) is 5.92 Å². The van der Waals surface area contributed by atoms with Gasteiger partial charge in [0.15, 0.2) is 5.82 Å². The summed E-state index contributed by atoms with van der Waals surface area (Å²) in [5, 5.41) is 12.8. The zero-order valence-corrected chi connectivity index (χ0v) is 18.0. The number of fused-ring (bicyclic) bond motifs is 1. The molecule has 2 saturated carbocycles. The van der Waals surface area contributed by atoms with Gasteiger partial charge in [0, 0.05) is 16.3 Å². The van der Waals surface area contributed by atoms with Crippen molar-refractivity contribution in [3.8, 4) is 0 Å². The Labute approximate surface area is 182 Å². The van der Waals surface area contributed by atoms with Gasteiger partial charge < -0.3 is 10.6 Å². The first-order valence-electron chi connectivity index (χ1n) is 10.3. The van der Waals surface area contributed by atoms with Crippen LogP contribution in [-0.4, -0.2) is 27.9 Å². The van der Waals surface area contributed by atoms with Crippen LogP contribution >= 0.6 is 22.7 Å². The molecule has 1 atom stereocenters. The number of carbonyl (C=O) groups excluding carboxylic acids is 2. The minimum Gasteiger partial charge on any atom is -0.344 e. The van der Waals surface area contributed by atoms with Gasteiger partial charge in [0.2, 0.25) is 0 Å². The van der Waals surface area contributed by atoms with Gasteiger partial charge in [-0.2, -0.15) is 0 Å². The van der Waals surface area contributed by atoms with Crippen LogP contribution in [0.1, 0.15) is 59.8 Å². The van der Waals surface area contributed by atoms with Crippen LogP contribution in [0.2, 0.25) is 0 Å². The Kier molecular flexibility index (Phi) is 5.39. The van der Waals surface area contributed by atoms with E-state index in [0.29, 0.717) is 27.5 Å². The summed E-state index contributed by atoms with van der Waals surface area (Å²) in [7, 11) is 0. The first kappa shape index (κ1) is 19.4. The highest BCUT2D eigenvalue weighted by Crippen LogP contribution is 2.38. The molecule has 2 fully saturated rings. The van der Waals surface area contributed by atoms with E-state index in [2.05, 4.69) is 37.4 Å². The van der Waals surface area contributed by atoms with E-state index in [9.17, 15) is 9.59 Å². The summed E-state index contributed by atoms with van der Waals surface area (Å²) >= 11 is 3.06. The second kappa shape index (κ2) is 8.31. The van der Waals surface area contributed by atoms with Crippen LogP contribution in [0.5, 0.6) is 0 Å². The quantitative estimate of drug-likeness (QED) is 0.517. The molecule has 0 aromatic carbocycles. The van der Waals surface area contributed by atoms with E-state index in [4.69, 9.17) is 0 Å². The third-order valence-corrected chi connectivity index (χ3v) is 7.68. The van der Waals surface area contributed by atoms with Gasteiger partial charge in [-0.1, -0.05) is 18.9 Å². The minimum atomic E-state index is -0.268. The maximum Gasteiger partial charge on any atom is 0.320 e. The lowest BCUT2D eigenvalue weighted by Crippen LogP contribution is -2.32. The van der Waals surface area contributed by atoms with Crippen molar-refractivity contribution >= 4 is 50.6 Å². The van der Waals surface area contributed by atoms with Gasteiger partial charge in [-0.15, -0.1) is 22.7 Å². The van der Waals surface area contributed by atoms with Gasteiger partial charge in [0.1, 0.15) is 6.33 Å². The number of nitrogens with zero attached hydrogens (tertiary/aromatic N) is 2. The number of carbonyl (C=O) groups is 2. The van der Waals surface area contributed by atoms with Crippen molar-refractivity contribution in [3.05, 3.63) is 39.7 Å². The highest BCUT2D eigenvalue weighted by atomic mass is 32.1. The molecule has 3 heterocycles. The molecule has 0 spiro atoms. The highest BCUT2D eigenvalue weighted by Gasteiger charge is 2.30. The SMILES string of the molecule is O=C(Nc1ncnc2c(C(=O)N[C@@H](c3cccs3)C3CCCC3)csc12)NC1CC1. The van der Waals surface area contributed by atoms with E-state index in [-0.39, 0.29) is 24.0 Å². The lowest BCUT2D eigenvalue weighted by atomic mass is 9.96. The van der Waals surface area contributed by atoms with Crippen molar-refractivity contribution in [1.29, 1.82) is 0 Å². The lowest BCUT2D eigenvalue weighted by Gasteiger charge is -2.23. The summed E-state index contributed by atoms with van der Waals surface area (Å²) in [6, 6.07) is 4.15. The fourth-order valence-corrected chi connectivity index (χ4v) is 5.87. The number of aromatic nitrogens is 2. The van der Waals surface area contributed by atoms with Crippen molar-refractivity contribution in [2.75, 3.05) is 5.32 Å². The van der Waals surface area contributed by atoms with Gasteiger partial charge in [-0.3, -0.25) is 10.1 Å². The van der Waals surface area contributed by atoms with E-state index in [0.717, 1.165) is 25.7 Å². The van der Waals surface area contributed by atoms with Crippen molar-refractivity contribution < 1.29 is 9.59 Å². The number of rotatable bonds is 6. The molecule has 3 aromatic rings. The van der Waals surface area contributed by atoms with Crippen molar-refractivity contribution in [2.24, 2.45) is 5.92 Å². The van der Waals surface area contributed by atoms with E-state index in [1.165, 1.54) is 35.4 Å². The van der Waals surface area contributed by atoms with Crippen molar-refractivity contribution in [1.82, 2.24) is 20.6 Å². The Bertz CT molecular complexity index is 1050. The van der Waals surface area contributed by atoms with Crippen LogP contribution in [0.4, 0.5) is 10.6 Å². The Hall–Kier alpha value is -2.52. The Balaban J connectivity index is 1.37. The molecule has 0 unspecified atom stereocenters. The van der Waals surface area contributed by atoms with Crippen LogP contribution in [0.25, 0.3) is 10.2 Å². The first-order valence-corrected chi connectivity index (χ1v) is 12.1. The Morgan fingerprint density at radius 1 is 1.10 bits per heavy atom. The van der Waals surface area contributed by atoms with Crippen LogP contribution in [0.3, 0.4) is 0 Å². The first-order chi connectivity index (χ1) is 14.7. The molecule has 156 valence electrons. The largest absolute Gasteiger partial charge is 0.344 e. The molecule has 3 aromatic heterocycles. The second-order valence-corrected chi connectivity index (χ2v) is 9.79. The molecule has 0 bridgehead atoms. The molecular formula is C21H23N5O2S2. The maximum absolute atomic E-state index is 13.2. The number of amides is 3. The molecule has 0 saturated heterocycles. The maximum atomic E-state index is 13.2. The summed E-state index contributed by atoms with van der Waals surface area (Å²) in [5.74, 6) is 0.780. The summed E-state index contributed by atoms with van der Waals surface area (Å²) in [6.07, 6.45) is 8.14. The normalized spacial score (nSPS) is 17.7. The zero-order valence-electron chi connectivity index (χ0n) is 16.4. The van der Waals surface area contributed by atoms with Gasteiger partial charge in [-0.05, 0) is 43.0 Å². The van der Waals surface area contributed by atoms with Crippen molar-refractivity contribution in [2.45, 2.75) is 50.6 Å². The smallest absolute Gasteiger partial charge is 0.320 e. The van der Waals surface area contributed by atoms with Gasteiger partial charge in [0.05, 0.1) is 21.8 Å². The predicted molar refractivity (Wildman–Crippen MR) is 119 cm³/mol. The number of hydrogen-bond donors (Lipinski definition) is 3. The molecule has 3 N–H and O–H groups in total. The number of thiophene rings is 2. The Morgan fingerprint density at radius 2 is 1.93 bits per heavy atom. The predicted octanol–water partition coefficient (Wildman–Crippen LogP) is 4.70.